The van der Waals surface area contributed by atoms with Crippen molar-refractivity contribution in [1.29, 1.82) is 0 Å². The van der Waals surface area contributed by atoms with E-state index in [1.807, 2.05) is 20.9 Å². The van der Waals surface area contributed by atoms with Crippen LogP contribution in [0.2, 0.25) is 0 Å². The van der Waals surface area contributed by atoms with Gasteiger partial charge in [0, 0.05) is 31.4 Å². The molecule has 1 fully saturated rings. The van der Waals surface area contributed by atoms with Gasteiger partial charge in [-0.05, 0) is 45.0 Å². The van der Waals surface area contributed by atoms with Crippen LogP contribution in [0.25, 0.3) is 0 Å². The van der Waals surface area contributed by atoms with Crippen molar-refractivity contribution in [1.82, 2.24) is 9.21 Å². The van der Waals surface area contributed by atoms with Crippen molar-refractivity contribution in [2.75, 3.05) is 32.4 Å². The predicted molar refractivity (Wildman–Crippen MR) is 81.2 cm³/mol. The van der Waals surface area contributed by atoms with Crippen LogP contribution in [-0.4, -0.2) is 50.3 Å². The van der Waals surface area contributed by atoms with Crippen LogP contribution in [0.15, 0.2) is 17.0 Å². The van der Waals surface area contributed by atoms with Crippen LogP contribution in [0.3, 0.4) is 0 Å². The summed E-state index contributed by atoms with van der Waals surface area (Å²) in [6, 6.07) is 3.76. The molecule has 0 spiro atoms. The number of nitrogens with two attached hydrogens (primary N) is 1. The first-order valence-corrected chi connectivity index (χ1v) is 8.25. The topological polar surface area (TPSA) is 66.6 Å². The number of benzene rings is 1. The fraction of sp³-hybridized carbons (Fsp3) is 0.571. The van der Waals surface area contributed by atoms with Gasteiger partial charge in [-0.25, -0.2) is 8.42 Å². The molecule has 0 aliphatic carbocycles. The number of rotatable bonds is 2. The number of likely N-dealkylation sites (N-methyl/N-ethyl adjacent to an activating group) is 1. The normalized spacial score (nSPS) is 22.1. The minimum Gasteiger partial charge on any atom is -0.398 e. The molecule has 6 heteroatoms. The summed E-state index contributed by atoms with van der Waals surface area (Å²) < 4.78 is 27.3. The van der Waals surface area contributed by atoms with Gasteiger partial charge in [0.25, 0.3) is 0 Å². The molecule has 20 heavy (non-hydrogen) atoms. The summed E-state index contributed by atoms with van der Waals surface area (Å²) in [5, 5.41) is 0. The van der Waals surface area contributed by atoms with Gasteiger partial charge < -0.3 is 10.6 Å². The van der Waals surface area contributed by atoms with Crippen LogP contribution in [0, 0.1) is 13.8 Å². The quantitative estimate of drug-likeness (QED) is 0.833. The Hall–Kier alpha value is -1.11. The maximum absolute atomic E-state index is 12.9. The molecule has 2 rings (SSSR count). The number of piperazine rings is 1. The lowest BCUT2D eigenvalue weighted by molar-refractivity contribution is 0.159. The Kier molecular flexibility index (Phi) is 4.09. The zero-order valence-corrected chi connectivity index (χ0v) is 13.4. The zero-order chi connectivity index (χ0) is 15.1. The SMILES string of the molecule is Cc1ccc(N)c(C)c1S(=O)(=O)N1CCN(C)C(C)C1. The van der Waals surface area contributed by atoms with E-state index in [0.29, 0.717) is 29.2 Å². The molecule has 0 saturated carbocycles. The van der Waals surface area contributed by atoms with Gasteiger partial charge in [0.05, 0.1) is 4.90 Å². The number of hydrogen-bond acceptors (Lipinski definition) is 4. The molecule has 1 unspecified atom stereocenters. The lowest BCUT2D eigenvalue weighted by Gasteiger charge is -2.37. The Bertz CT molecular complexity index is 613. The smallest absolute Gasteiger partial charge is 0.243 e. The molecule has 5 nitrogen and oxygen atoms in total. The van der Waals surface area contributed by atoms with Crippen LogP contribution in [0.4, 0.5) is 5.69 Å². The number of nitrogen functional groups attached to an aromatic ring is 1. The second-order valence-corrected chi connectivity index (χ2v) is 7.49. The van der Waals surface area contributed by atoms with E-state index in [-0.39, 0.29) is 6.04 Å². The second kappa shape index (κ2) is 5.35. The highest BCUT2D eigenvalue weighted by Crippen LogP contribution is 2.28. The molecule has 1 heterocycles. The standard InChI is InChI=1S/C14H23N3O2S/c1-10-5-6-13(15)12(3)14(10)20(18,19)17-8-7-16(4)11(2)9-17/h5-6,11H,7-9,15H2,1-4H3. The third kappa shape index (κ3) is 2.55. The summed E-state index contributed by atoms with van der Waals surface area (Å²) in [5.41, 5.74) is 7.80. The van der Waals surface area contributed by atoms with E-state index in [9.17, 15) is 8.42 Å². The molecular formula is C14H23N3O2S. The van der Waals surface area contributed by atoms with Crippen molar-refractivity contribution in [3.05, 3.63) is 23.3 Å². The van der Waals surface area contributed by atoms with Gasteiger partial charge in [-0.15, -0.1) is 0 Å². The molecule has 1 atom stereocenters. The van der Waals surface area contributed by atoms with Gasteiger partial charge >= 0.3 is 0 Å². The molecule has 0 radical (unpaired) electrons. The molecular weight excluding hydrogens is 274 g/mol. The summed E-state index contributed by atoms with van der Waals surface area (Å²) in [7, 11) is -1.46. The first kappa shape index (κ1) is 15.3. The van der Waals surface area contributed by atoms with E-state index in [2.05, 4.69) is 4.90 Å². The van der Waals surface area contributed by atoms with Crippen LogP contribution in [0.1, 0.15) is 18.1 Å². The highest BCUT2D eigenvalue weighted by atomic mass is 32.2. The van der Waals surface area contributed by atoms with E-state index < -0.39 is 10.0 Å². The fourth-order valence-electron chi connectivity index (χ4n) is 2.60. The average molecular weight is 297 g/mol. The van der Waals surface area contributed by atoms with Crippen molar-refractivity contribution in [2.24, 2.45) is 0 Å². The van der Waals surface area contributed by atoms with Gasteiger partial charge in [0.2, 0.25) is 10.0 Å². The maximum Gasteiger partial charge on any atom is 0.243 e. The largest absolute Gasteiger partial charge is 0.398 e. The molecule has 1 aliphatic rings. The van der Waals surface area contributed by atoms with Gasteiger partial charge in [0.15, 0.2) is 0 Å². The van der Waals surface area contributed by atoms with E-state index in [4.69, 9.17) is 5.73 Å². The molecule has 0 amide bonds. The highest BCUT2D eigenvalue weighted by Gasteiger charge is 2.33. The lowest BCUT2D eigenvalue weighted by Crippen LogP contribution is -2.52. The number of sulfonamides is 1. The van der Waals surface area contributed by atoms with Gasteiger partial charge in [-0.1, -0.05) is 6.07 Å². The molecule has 1 aliphatic heterocycles. The Labute approximate surface area is 121 Å². The summed E-state index contributed by atoms with van der Waals surface area (Å²) in [5.74, 6) is 0. The summed E-state index contributed by atoms with van der Waals surface area (Å²) in [4.78, 5) is 2.54. The minimum absolute atomic E-state index is 0.222. The minimum atomic E-state index is -3.48. The van der Waals surface area contributed by atoms with Crippen molar-refractivity contribution < 1.29 is 8.42 Å². The van der Waals surface area contributed by atoms with Crippen LogP contribution >= 0.6 is 0 Å². The van der Waals surface area contributed by atoms with Crippen molar-refractivity contribution in [3.8, 4) is 0 Å². The third-order valence-electron chi connectivity index (χ3n) is 4.16. The molecule has 112 valence electrons. The van der Waals surface area contributed by atoms with Gasteiger partial charge in [-0.3, -0.25) is 0 Å². The van der Waals surface area contributed by atoms with Crippen molar-refractivity contribution in [2.45, 2.75) is 31.7 Å². The van der Waals surface area contributed by atoms with Crippen molar-refractivity contribution in [3.63, 3.8) is 0 Å². The van der Waals surface area contributed by atoms with E-state index >= 15 is 0 Å². The maximum atomic E-state index is 12.9. The van der Waals surface area contributed by atoms with E-state index in [1.165, 1.54) is 0 Å². The summed E-state index contributed by atoms with van der Waals surface area (Å²) in [6.45, 7) is 7.43. The third-order valence-corrected chi connectivity index (χ3v) is 6.32. The zero-order valence-electron chi connectivity index (χ0n) is 12.5. The Morgan fingerprint density at radius 2 is 1.90 bits per heavy atom. The van der Waals surface area contributed by atoms with Crippen LogP contribution in [-0.2, 0) is 10.0 Å². The first-order valence-electron chi connectivity index (χ1n) is 6.81. The number of hydrogen-bond donors (Lipinski definition) is 1. The molecule has 1 saturated heterocycles. The Morgan fingerprint density at radius 1 is 1.25 bits per heavy atom. The van der Waals surface area contributed by atoms with Gasteiger partial charge in [-0.2, -0.15) is 4.31 Å². The first-order chi connectivity index (χ1) is 9.25. The Morgan fingerprint density at radius 3 is 2.50 bits per heavy atom. The molecule has 0 bridgehead atoms. The van der Waals surface area contributed by atoms with Crippen LogP contribution < -0.4 is 5.73 Å². The van der Waals surface area contributed by atoms with Gasteiger partial charge in [0.1, 0.15) is 0 Å². The predicted octanol–water partition coefficient (Wildman–Crippen LogP) is 1.21. The van der Waals surface area contributed by atoms with Crippen LogP contribution in [0.5, 0.6) is 0 Å². The average Bonchev–Trinajstić information content (AvgIpc) is 2.37. The molecule has 2 N–H and O–H groups in total. The number of anilines is 1. The highest BCUT2D eigenvalue weighted by molar-refractivity contribution is 7.89. The molecule has 0 aromatic heterocycles. The summed E-state index contributed by atoms with van der Waals surface area (Å²) >= 11 is 0. The van der Waals surface area contributed by atoms with E-state index in [0.717, 1.165) is 12.1 Å². The fourth-order valence-corrected chi connectivity index (χ4v) is 4.57. The monoisotopic (exact) mass is 297 g/mol. The summed E-state index contributed by atoms with van der Waals surface area (Å²) in [6.07, 6.45) is 0. The lowest BCUT2D eigenvalue weighted by atomic mass is 10.1. The number of aryl methyl sites for hydroxylation is 1. The Balaban J connectivity index is 2.44. The molecule has 1 aromatic rings. The number of nitrogens with zero attached hydrogens (tertiary/aromatic N) is 2. The molecule has 1 aromatic carbocycles. The van der Waals surface area contributed by atoms with Crippen molar-refractivity contribution >= 4 is 15.7 Å². The van der Waals surface area contributed by atoms with E-state index in [1.54, 1.807) is 23.4 Å². The second-order valence-electron chi connectivity index (χ2n) is 5.62.